The Morgan fingerprint density at radius 1 is 1.35 bits per heavy atom. The van der Waals surface area contributed by atoms with E-state index in [0.717, 1.165) is 22.7 Å². The third-order valence-corrected chi connectivity index (χ3v) is 3.28. The molecule has 0 unspecified atom stereocenters. The molecule has 90 valence electrons. The number of H-pyrrole nitrogens is 1. The Kier molecular flexibility index (Phi) is 3.92. The molecule has 17 heavy (non-hydrogen) atoms. The van der Waals surface area contributed by atoms with E-state index in [1.54, 1.807) is 18.1 Å². The molecule has 0 fully saturated rings. The van der Waals surface area contributed by atoms with Crippen LogP contribution in [0.15, 0.2) is 17.7 Å². The van der Waals surface area contributed by atoms with Gasteiger partial charge in [-0.3, -0.25) is 0 Å². The molecule has 2 aromatic rings. The Morgan fingerprint density at radius 2 is 2.24 bits per heavy atom. The largest absolute Gasteiger partial charge is 0.550 e. The molecule has 0 amide bonds. The number of carboxylic acid groups (broad SMARTS) is 1. The van der Waals surface area contributed by atoms with Gasteiger partial charge in [0.1, 0.15) is 16.9 Å². The number of rotatable bonds is 6. The van der Waals surface area contributed by atoms with Crippen molar-refractivity contribution >= 4 is 28.9 Å². The molecule has 6 nitrogen and oxygen atoms in total. The van der Waals surface area contributed by atoms with Crippen molar-refractivity contribution in [2.75, 3.05) is 5.75 Å². The maximum absolute atomic E-state index is 10.2. The number of hydrogen-bond acceptors (Lipinski definition) is 6. The summed E-state index contributed by atoms with van der Waals surface area (Å²) < 4.78 is 0. The predicted octanol–water partition coefficient (Wildman–Crippen LogP) is 0.365. The van der Waals surface area contributed by atoms with E-state index in [1.807, 2.05) is 0 Å². The Hall–Kier alpha value is -1.63. The first-order valence-corrected chi connectivity index (χ1v) is 6.22. The summed E-state index contributed by atoms with van der Waals surface area (Å²) in [4.78, 5) is 25.4. The molecule has 0 spiro atoms. The fourth-order valence-corrected chi connectivity index (χ4v) is 2.35. The van der Waals surface area contributed by atoms with Gasteiger partial charge in [-0.05, 0) is 25.0 Å². The second-order valence-electron chi connectivity index (χ2n) is 3.46. The van der Waals surface area contributed by atoms with E-state index in [4.69, 9.17) is 0 Å². The van der Waals surface area contributed by atoms with Crippen LogP contribution in [0.1, 0.15) is 19.3 Å². The molecular formula is C10H11N4O2S-. The van der Waals surface area contributed by atoms with E-state index < -0.39 is 5.97 Å². The molecule has 0 saturated carbocycles. The fraction of sp³-hybridized carbons (Fsp3) is 0.400. The third kappa shape index (κ3) is 3.16. The number of nitrogens with zero attached hydrogens (tertiary/aromatic N) is 3. The summed E-state index contributed by atoms with van der Waals surface area (Å²) in [7, 11) is 0. The standard InChI is InChI=1S/C10H12N4O2S/c15-7(16)3-1-2-4-17-10-8-9(12-5-11-8)13-6-14-10/h5-6H,1-4H2,(H,15,16)(H,11,12,13,14)/p-1. The number of thioether (sulfide) groups is 1. The summed E-state index contributed by atoms with van der Waals surface area (Å²) in [6.45, 7) is 0. The number of nitrogens with one attached hydrogen (secondary N) is 1. The number of imidazole rings is 1. The number of aliphatic carboxylic acids is 1. The second-order valence-corrected chi connectivity index (χ2v) is 4.54. The Morgan fingerprint density at radius 3 is 3.06 bits per heavy atom. The number of unbranched alkanes of at least 4 members (excludes halogenated alkanes) is 1. The van der Waals surface area contributed by atoms with Crippen LogP contribution in [-0.2, 0) is 4.79 Å². The van der Waals surface area contributed by atoms with Crippen LogP contribution in [0.3, 0.4) is 0 Å². The minimum Gasteiger partial charge on any atom is -0.550 e. The number of fused-ring (bicyclic) bond motifs is 1. The van der Waals surface area contributed by atoms with Gasteiger partial charge in [0.2, 0.25) is 0 Å². The highest BCUT2D eigenvalue weighted by Gasteiger charge is 2.05. The molecule has 0 aromatic carbocycles. The maximum atomic E-state index is 10.2. The average Bonchev–Trinajstić information content (AvgIpc) is 2.77. The molecule has 0 atom stereocenters. The second kappa shape index (κ2) is 5.62. The third-order valence-electron chi connectivity index (χ3n) is 2.20. The number of carbonyl (C=O) groups excluding carboxylic acids is 1. The zero-order chi connectivity index (χ0) is 12.1. The summed E-state index contributed by atoms with van der Waals surface area (Å²) in [6, 6.07) is 0. The molecule has 7 heteroatoms. The van der Waals surface area contributed by atoms with Crippen LogP contribution >= 0.6 is 11.8 Å². The minimum atomic E-state index is -0.993. The predicted molar refractivity (Wildman–Crippen MR) is 61.3 cm³/mol. The fourth-order valence-electron chi connectivity index (χ4n) is 1.39. The highest BCUT2D eigenvalue weighted by atomic mass is 32.2. The summed E-state index contributed by atoms with van der Waals surface area (Å²) in [5.41, 5.74) is 1.48. The minimum absolute atomic E-state index is 0.115. The molecule has 2 heterocycles. The molecular weight excluding hydrogens is 240 g/mol. The van der Waals surface area contributed by atoms with E-state index in [0.29, 0.717) is 12.1 Å². The van der Waals surface area contributed by atoms with E-state index in [1.165, 1.54) is 6.33 Å². The maximum Gasteiger partial charge on any atom is 0.181 e. The molecule has 0 saturated heterocycles. The Balaban J connectivity index is 1.86. The van der Waals surface area contributed by atoms with Crippen LogP contribution < -0.4 is 5.11 Å². The van der Waals surface area contributed by atoms with Gasteiger partial charge in [0.25, 0.3) is 0 Å². The highest BCUT2D eigenvalue weighted by Crippen LogP contribution is 2.22. The summed E-state index contributed by atoms with van der Waals surface area (Å²) >= 11 is 1.57. The van der Waals surface area contributed by atoms with E-state index >= 15 is 0 Å². The van der Waals surface area contributed by atoms with Gasteiger partial charge in [-0.1, -0.05) is 0 Å². The van der Waals surface area contributed by atoms with Crippen molar-refractivity contribution in [3.8, 4) is 0 Å². The first kappa shape index (κ1) is 11.8. The molecule has 2 rings (SSSR count). The van der Waals surface area contributed by atoms with Gasteiger partial charge >= 0.3 is 0 Å². The van der Waals surface area contributed by atoms with Gasteiger partial charge in [0.05, 0.1) is 6.33 Å². The van der Waals surface area contributed by atoms with Crippen LogP contribution in [0.4, 0.5) is 0 Å². The average molecular weight is 251 g/mol. The van der Waals surface area contributed by atoms with E-state index in [9.17, 15) is 9.90 Å². The zero-order valence-electron chi connectivity index (χ0n) is 9.05. The quantitative estimate of drug-likeness (QED) is 0.452. The normalized spacial score (nSPS) is 10.8. The van der Waals surface area contributed by atoms with E-state index in [2.05, 4.69) is 19.9 Å². The van der Waals surface area contributed by atoms with Crippen LogP contribution in [0, 0.1) is 0 Å². The lowest BCUT2D eigenvalue weighted by Crippen LogP contribution is -2.21. The van der Waals surface area contributed by atoms with Gasteiger partial charge in [0.15, 0.2) is 5.65 Å². The SMILES string of the molecule is O=C([O-])CCCCSc1ncnc2nc[nH]c12. The van der Waals surface area contributed by atoms with Gasteiger partial charge in [0, 0.05) is 5.97 Å². The van der Waals surface area contributed by atoms with Crippen LogP contribution in [0.2, 0.25) is 0 Å². The van der Waals surface area contributed by atoms with Gasteiger partial charge in [-0.2, -0.15) is 0 Å². The van der Waals surface area contributed by atoms with Crippen LogP contribution in [-0.4, -0.2) is 31.7 Å². The van der Waals surface area contributed by atoms with E-state index in [-0.39, 0.29) is 6.42 Å². The summed E-state index contributed by atoms with van der Waals surface area (Å²) in [6.07, 6.45) is 4.63. The number of aromatic nitrogens is 4. The monoisotopic (exact) mass is 251 g/mol. The van der Waals surface area contributed by atoms with Crippen molar-refractivity contribution in [2.24, 2.45) is 0 Å². The van der Waals surface area contributed by atoms with Crippen LogP contribution in [0.25, 0.3) is 11.2 Å². The number of aromatic amines is 1. The molecule has 0 aliphatic carbocycles. The lowest BCUT2D eigenvalue weighted by molar-refractivity contribution is -0.305. The molecule has 0 aliphatic heterocycles. The molecule has 2 aromatic heterocycles. The first-order chi connectivity index (χ1) is 8.27. The molecule has 0 radical (unpaired) electrons. The van der Waals surface area contributed by atoms with Crippen molar-refractivity contribution < 1.29 is 9.90 Å². The van der Waals surface area contributed by atoms with Crippen molar-refractivity contribution in [1.82, 2.24) is 19.9 Å². The van der Waals surface area contributed by atoms with Crippen LogP contribution in [0.5, 0.6) is 0 Å². The Bertz CT molecular complexity index is 514. The summed E-state index contributed by atoms with van der Waals surface area (Å²) in [5, 5.41) is 11.1. The van der Waals surface area contributed by atoms with Gasteiger partial charge < -0.3 is 14.9 Å². The van der Waals surface area contributed by atoms with Crippen molar-refractivity contribution in [2.45, 2.75) is 24.3 Å². The first-order valence-electron chi connectivity index (χ1n) is 5.24. The summed E-state index contributed by atoms with van der Waals surface area (Å²) in [5.74, 6) is -0.175. The zero-order valence-corrected chi connectivity index (χ0v) is 9.87. The lowest BCUT2D eigenvalue weighted by atomic mass is 10.3. The van der Waals surface area contributed by atoms with Crippen molar-refractivity contribution in [3.63, 3.8) is 0 Å². The lowest BCUT2D eigenvalue weighted by Gasteiger charge is -2.02. The smallest absolute Gasteiger partial charge is 0.181 e. The number of carboxylic acids is 1. The topological polar surface area (TPSA) is 94.6 Å². The van der Waals surface area contributed by atoms with Crippen molar-refractivity contribution in [3.05, 3.63) is 12.7 Å². The molecule has 1 N–H and O–H groups in total. The highest BCUT2D eigenvalue weighted by molar-refractivity contribution is 7.99. The number of hydrogen-bond donors (Lipinski definition) is 1. The van der Waals surface area contributed by atoms with Gasteiger partial charge in [-0.15, -0.1) is 11.8 Å². The molecule has 0 aliphatic rings. The number of carbonyl (C=O) groups is 1. The van der Waals surface area contributed by atoms with Crippen molar-refractivity contribution in [1.29, 1.82) is 0 Å². The molecule has 0 bridgehead atoms. The van der Waals surface area contributed by atoms with Gasteiger partial charge in [-0.25, -0.2) is 15.0 Å². The Labute approximate surface area is 102 Å².